The maximum absolute atomic E-state index is 3.35. The number of aryl methyl sites for hydroxylation is 3. The van der Waals surface area contributed by atoms with Gasteiger partial charge in [-0.2, -0.15) is 0 Å². The molecule has 0 aliphatic rings. The van der Waals surface area contributed by atoms with E-state index in [2.05, 4.69) is 45.9 Å². The SMILES string of the molecule is Cc1[c-]c(C)cc(CCC(C)C)[c-]1.[W].[Y]. The molecule has 0 aromatic heterocycles. The average molecular weight is 447 g/mol. The predicted octanol–water partition coefficient (Wildman–Crippen LogP) is 3.49. The van der Waals surface area contributed by atoms with Crippen LogP contribution in [0.1, 0.15) is 37.0 Å². The summed E-state index contributed by atoms with van der Waals surface area (Å²) < 4.78 is 0. The fraction of sp³-hybridized carbons (Fsp3) is 0.538. The molecule has 0 spiro atoms. The van der Waals surface area contributed by atoms with Crippen LogP contribution in [0.15, 0.2) is 6.07 Å². The van der Waals surface area contributed by atoms with Crippen LogP contribution in [0, 0.1) is 31.9 Å². The Labute approximate surface area is 134 Å². The maximum Gasteiger partial charge on any atom is 0 e. The van der Waals surface area contributed by atoms with Gasteiger partial charge in [0.1, 0.15) is 0 Å². The normalized spacial score (nSPS) is 9.40. The van der Waals surface area contributed by atoms with Crippen molar-refractivity contribution in [3.8, 4) is 0 Å². The standard InChI is InChI=1S/C13H18.W.Y/c1-10(2)5-6-13-8-11(3)7-12(4)9-13;;/h8,10H,5-6H2,1-4H3;;/q-2;;. The first-order valence-electron chi connectivity index (χ1n) is 4.99. The minimum absolute atomic E-state index is 0. The van der Waals surface area contributed by atoms with Gasteiger partial charge in [-0.25, -0.2) is 0 Å². The monoisotopic (exact) mass is 447 g/mol. The fourth-order valence-electron chi connectivity index (χ4n) is 1.48. The van der Waals surface area contributed by atoms with Gasteiger partial charge in [0, 0.05) is 53.8 Å². The smallest absolute Gasteiger partial charge is 0 e. The minimum Gasteiger partial charge on any atom is -0.353 e. The van der Waals surface area contributed by atoms with Gasteiger partial charge in [-0.15, -0.1) is 0 Å². The van der Waals surface area contributed by atoms with Crippen LogP contribution in [0.3, 0.4) is 0 Å². The van der Waals surface area contributed by atoms with Crippen LogP contribution in [-0.2, 0) is 60.2 Å². The molecule has 0 aliphatic carbocycles. The zero-order chi connectivity index (χ0) is 9.84. The predicted molar refractivity (Wildman–Crippen MR) is 56.7 cm³/mol. The second-order valence-corrected chi connectivity index (χ2v) is 4.16. The van der Waals surface area contributed by atoms with E-state index in [1.807, 2.05) is 0 Å². The van der Waals surface area contributed by atoms with Crippen LogP contribution in [-0.4, -0.2) is 0 Å². The van der Waals surface area contributed by atoms with Crippen molar-refractivity contribution in [1.29, 1.82) is 0 Å². The molecule has 0 atom stereocenters. The average Bonchev–Trinajstić information content (AvgIpc) is 1.99. The van der Waals surface area contributed by atoms with Crippen molar-refractivity contribution in [3.05, 3.63) is 34.9 Å². The van der Waals surface area contributed by atoms with Crippen LogP contribution in [0.25, 0.3) is 0 Å². The minimum atomic E-state index is 0. The van der Waals surface area contributed by atoms with E-state index in [9.17, 15) is 0 Å². The van der Waals surface area contributed by atoms with Crippen molar-refractivity contribution in [3.63, 3.8) is 0 Å². The third-order valence-corrected chi connectivity index (χ3v) is 2.11. The topological polar surface area (TPSA) is 0 Å². The molecule has 1 radical (unpaired) electrons. The van der Waals surface area contributed by atoms with Crippen molar-refractivity contribution in [2.45, 2.75) is 40.5 Å². The summed E-state index contributed by atoms with van der Waals surface area (Å²) in [6.45, 7) is 8.68. The van der Waals surface area contributed by atoms with Gasteiger partial charge >= 0.3 is 0 Å². The number of hydrogen-bond acceptors (Lipinski definition) is 0. The van der Waals surface area contributed by atoms with Crippen LogP contribution >= 0.6 is 0 Å². The van der Waals surface area contributed by atoms with Crippen molar-refractivity contribution >= 4 is 0 Å². The Morgan fingerprint density at radius 3 is 2.27 bits per heavy atom. The zero-order valence-electron chi connectivity index (χ0n) is 10.1. The quantitative estimate of drug-likeness (QED) is 0.623. The Morgan fingerprint density at radius 1 is 1.20 bits per heavy atom. The molecule has 0 nitrogen and oxygen atoms in total. The Bertz CT molecular complexity index is 262. The summed E-state index contributed by atoms with van der Waals surface area (Å²) in [4.78, 5) is 0. The van der Waals surface area contributed by atoms with Gasteiger partial charge in [-0.05, 0) is 5.92 Å². The first kappa shape index (κ1) is 18.4. The summed E-state index contributed by atoms with van der Waals surface area (Å²) >= 11 is 0. The summed E-state index contributed by atoms with van der Waals surface area (Å²) in [7, 11) is 0. The second-order valence-electron chi connectivity index (χ2n) is 4.16. The Kier molecular flexibility index (Phi) is 11.1. The molecule has 0 unspecified atom stereocenters. The molecule has 0 amide bonds. The van der Waals surface area contributed by atoms with Gasteiger partial charge in [-0.3, -0.25) is 22.8 Å². The van der Waals surface area contributed by atoms with Gasteiger partial charge in [0.15, 0.2) is 0 Å². The van der Waals surface area contributed by atoms with E-state index >= 15 is 0 Å². The summed E-state index contributed by atoms with van der Waals surface area (Å²) in [5.74, 6) is 0.776. The third kappa shape index (κ3) is 7.83. The Hall–Kier alpha value is 1.01. The fourth-order valence-corrected chi connectivity index (χ4v) is 1.48. The molecule has 0 saturated heterocycles. The molecule has 0 heterocycles. The molecule has 1 aromatic carbocycles. The summed E-state index contributed by atoms with van der Waals surface area (Å²) in [5, 5.41) is 0. The second kappa shape index (κ2) is 9.08. The molecule has 0 aliphatic heterocycles. The molecule has 15 heavy (non-hydrogen) atoms. The summed E-state index contributed by atoms with van der Waals surface area (Å²) in [6.07, 6.45) is 2.40. The van der Waals surface area contributed by atoms with Gasteiger partial charge in [0.25, 0.3) is 0 Å². The van der Waals surface area contributed by atoms with E-state index in [0.717, 1.165) is 17.9 Å². The van der Waals surface area contributed by atoms with Crippen molar-refractivity contribution < 1.29 is 53.8 Å². The zero-order valence-corrected chi connectivity index (χ0v) is 15.8. The third-order valence-electron chi connectivity index (χ3n) is 2.11. The van der Waals surface area contributed by atoms with E-state index in [4.69, 9.17) is 0 Å². The molecule has 0 bridgehead atoms. The number of benzene rings is 1. The maximum atomic E-state index is 3.35. The molecule has 0 N–H and O–H groups in total. The Balaban J connectivity index is 0. The van der Waals surface area contributed by atoms with Crippen molar-refractivity contribution in [2.75, 3.05) is 0 Å². The van der Waals surface area contributed by atoms with E-state index in [-0.39, 0.29) is 53.8 Å². The largest absolute Gasteiger partial charge is 0.353 e. The number of rotatable bonds is 3. The van der Waals surface area contributed by atoms with Crippen molar-refractivity contribution in [2.24, 2.45) is 5.92 Å². The van der Waals surface area contributed by atoms with Crippen LogP contribution in [0.5, 0.6) is 0 Å². The molecule has 0 fully saturated rings. The van der Waals surface area contributed by atoms with Gasteiger partial charge in [-0.1, -0.05) is 40.5 Å². The first-order valence-corrected chi connectivity index (χ1v) is 4.99. The first-order chi connectivity index (χ1) is 6.08. The molecular weight excluding hydrogens is 429 g/mol. The molecule has 0 saturated carbocycles. The van der Waals surface area contributed by atoms with Crippen LogP contribution in [0.2, 0.25) is 0 Å². The summed E-state index contributed by atoms with van der Waals surface area (Å²) in [6, 6.07) is 8.78. The van der Waals surface area contributed by atoms with Gasteiger partial charge < -0.3 is 12.1 Å². The van der Waals surface area contributed by atoms with Gasteiger partial charge in [0.05, 0.1) is 0 Å². The van der Waals surface area contributed by atoms with Gasteiger partial charge in [0.2, 0.25) is 0 Å². The van der Waals surface area contributed by atoms with E-state index < -0.39 is 0 Å². The molecule has 81 valence electrons. The van der Waals surface area contributed by atoms with E-state index in [1.54, 1.807) is 0 Å². The summed E-state index contributed by atoms with van der Waals surface area (Å²) in [5.41, 5.74) is 3.70. The van der Waals surface area contributed by atoms with Crippen LogP contribution < -0.4 is 0 Å². The number of hydrogen-bond donors (Lipinski definition) is 0. The molecule has 2 heteroatoms. The van der Waals surface area contributed by atoms with E-state index in [0.29, 0.717) is 0 Å². The molecule has 1 rings (SSSR count). The molecule has 1 aromatic rings. The molecular formula is C13H18WY-2. The van der Waals surface area contributed by atoms with Crippen LogP contribution in [0.4, 0.5) is 0 Å². The Morgan fingerprint density at radius 2 is 1.80 bits per heavy atom. The van der Waals surface area contributed by atoms with E-state index in [1.165, 1.54) is 17.5 Å². The van der Waals surface area contributed by atoms with Crippen molar-refractivity contribution in [1.82, 2.24) is 0 Å².